The maximum Gasteiger partial charge on any atom is 0.335 e. The molecule has 0 aromatic heterocycles. The quantitative estimate of drug-likeness (QED) is 0.0228. The lowest BCUT2D eigenvalue weighted by Crippen LogP contribution is -2.61. The Morgan fingerprint density at radius 2 is 0.835 bits per heavy atom. The highest BCUT2D eigenvalue weighted by atomic mass is 16.7. The van der Waals surface area contributed by atoms with Crippen molar-refractivity contribution >= 4 is 23.9 Å². The summed E-state index contributed by atoms with van der Waals surface area (Å²) in [5, 5.41) is 31.5. The first-order valence-electron chi connectivity index (χ1n) is 30.5. The van der Waals surface area contributed by atoms with Gasteiger partial charge in [0.15, 0.2) is 24.6 Å². The van der Waals surface area contributed by atoms with E-state index < -0.39 is 67.3 Å². The lowest BCUT2D eigenvalue weighted by atomic mass is 9.98. The van der Waals surface area contributed by atoms with Crippen LogP contribution in [0.5, 0.6) is 0 Å². The maximum absolute atomic E-state index is 13.1. The van der Waals surface area contributed by atoms with Gasteiger partial charge in [0.1, 0.15) is 18.8 Å². The van der Waals surface area contributed by atoms with E-state index in [2.05, 4.69) is 118 Å². The molecule has 0 amide bonds. The molecule has 0 aromatic carbocycles. The van der Waals surface area contributed by atoms with Gasteiger partial charge in [0, 0.05) is 12.8 Å². The monoisotopic (exact) mass is 1100 g/mol. The average Bonchev–Trinajstić information content (AvgIpc) is 3.46. The summed E-state index contributed by atoms with van der Waals surface area (Å²) < 4.78 is 28.3. The Morgan fingerprint density at radius 3 is 1.28 bits per heavy atom. The second-order valence-electron chi connectivity index (χ2n) is 20.2. The van der Waals surface area contributed by atoms with E-state index in [1.165, 1.54) is 38.5 Å². The lowest BCUT2D eigenvalue weighted by molar-refractivity contribution is -0.301. The van der Waals surface area contributed by atoms with Crippen LogP contribution in [0.2, 0.25) is 0 Å². The normalized spacial score (nSPS) is 18.7. The van der Waals surface area contributed by atoms with Crippen molar-refractivity contribution in [3.05, 3.63) is 122 Å². The number of aliphatic hydroxyl groups excluding tert-OH is 2. The summed E-state index contributed by atoms with van der Waals surface area (Å²) in [5.74, 6) is -3.32. The molecule has 79 heavy (non-hydrogen) atoms. The van der Waals surface area contributed by atoms with Gasteiger partial charge in [0.25, 0.3) is 0 Å². The molecule has 6 unspecified atom stereocenters. The van der Waals surface area contributed by atoms with Crippen LogP contribution in [0, 0.1) is 0 Å². The molecule has 1 aliphatic rings. The summed E-state index contributed by atoms with van der Waals surface area (Å²) in [6.45, 7) is 5.65. The third kappa shape index (κ3) is 43.6. The van der Waals surface area contributed by atoms with Crippen molar-refractivity contribution in [2.45, 2.75) is 263 Å². The molecular weight excluding hydrogens is 997 g/mol. The third-order valence-electron chi connectivity index (χ3n) is 13.0. The molecule has 0 aliphatic carbocycles. The summed E-state index contributed by atoms with van der Waals surface area (Å²) in [5.41, 5.74) is 0. The second kappa shape index (κ2) is 53.7. The van der Waals surface area contributed by atoms with E-state index in [-0.39, 0.29) is 25.9 Å². The molecule has 3 N–H and O–H groups in total. The first-order chi connectivity index (χ1) is 38.6. The molecule has 0 aromatic rings. The smallest absolute Gasteiger partial charge is 0.335 e. The van der Waals surface area contributed by atoms with Crippen LogP contribution in [-0.2, 0) is 42.9 Å². The standard InChI is InChI=1S/C67H106O12/c1-4-7-10-13-16-19-22-25-28-30-33-35-38-41-44-47-50-53-59(68)75-56-58(77-60(69)54-51-48-45-42-39-36-32-27-24-21-18-15-12-9-6-3)57-76-67-65(63(72)62(71)64(79-67)66(73)74)78-61(70)55-52-49-46-43-40-37-34-31-29-26-23-20-17-14-11-8-5-2/h8-9,11-12,16-21,25-29,32,39,42,48,51,58,62-65,67,71-72H,4-7,10,13-15,22-24,30-31,33-38,40-41,43-47,49-50,52-57H2,1-3H3,(H,73,74)/b11-8-,12-9-,19-16-,20-17-,21-18-,28-25-,29-26-,32-27-,42-39-,51-48-. The molecule has 1 heterocycles. The van der Waals surface area contributed by atoms with Crippen LogP contribution >= 0.6 is 0 Å². The molecule has 6 atom stereocenters. The van der Waals surface area contributed by atoms with Gasteiger partial charge >= 0.3 is 23.9 Å². The number of esters is 3. The number of allylic oxidation sites excluding steroid dienone is 19. The zero-order chi connectivity index (χ0) is 57.5. The highest BCUT2D eigenvalue weighted by Crippen LogP contribution is 2.26. The van der Waals surface area contributed by atoms with E-state index >= 15 is 0 Å². The van der Waals surface area contributed by atoms with Gasteiger partial charge in [-0.25, -0.2) is 4.79 Å². The van der Waals surface area contributed by atoms with E-state index in [1.54, 1.807) is 6.08 Å². The topological polar surface area (TPSA) is 175 Å². The fourth-order valence-corrected chi connectivity index (χ4v) is 8.43. The summed E-state index contributed by atoms with van der Waals surface area (Å²) in [6.07, 6.45) is 61.9. The van der Waals surface area contributed by atoms with Gasteiger partial charge < -0.3 is 39.0 Å². The Kier molecular flexibility index (Phi) is 49.1. The molecule has 1 aliphatic heterocycles. The van der Waals surface area contributed by atoms with Gasteiger partial charge in [-0.2, -0.15) is 0 Å². The molecule has 1 fully saturated rings. The molecule has 0 radical (unpaired) electrons. The van der Waals surface area contributed by atoms with Crippen molar-refractivity contribution in [1.82, 2.24) is 0 Å². The van der Waals surface area contributed by atoms with Crippen molar-refractivity contribution < 1.29 is 58.2 Å². The van der Waals surface area contributed by atoms with Crippen LogP contribution in [0.4, 0.5) is 0 Å². The number of unbranched alkanes of at least 4 members (excludes halogenated alkanes) is 17. The molecular formula is C67H106O12. The van der Waals surface area contributed by atoms with Crippen molar-refractivity contribution in [1.29, 1.82) is 0 Å². The number of carbonyl (C=O) groups excluding carboxylic acids is 3. The Morgan fingerprint density at radius 1 is 0.443 bits per heavy atom. The molecule has 1 rings (SSSR count). The summed E-state index contributed by atoms with van der Waals surface area (Å²) in [6, 6.07) is 0. The van der Waals surface area contributed by atoms with E-state index in [0.29, 0.717) is 19.3 Å². The van der Waals surface area contributed by atoms with Crippen LogP contribution in [0.3, 0.4) is 0 Å². The van der Waals surface area contributed by atoms with Gasteiger partial charge in [0.2, 0.25) is 0 Å². The summed E-state index contributed by atoms with van der Waals surface area (Å²) in [4.78, 5) is 51.2. The van der Waals surface area contributed by atoms with Gasteiger partial charge in [-0.15, -0.1) is 0 Å². The van der Waals surface area contributed by atoms with Crippen molar-refractivity contribution in [2.24, 2.45) is 0 Å². The Labute approximate surface area is 478 Å². The van der Waals surface area contributed by atoms with Gasteiger partial charge in [-0.1, -0.05) is 219 Å². The molecule has 1 saturated heterocycles. The number of carbonyl (C=O) groups is 4. The summed E-state index contributed by atoms with van der Waals surface area (Å²) >= 11 is 0. The zero-order valence-corrected chi connectivity index (χ0v) is 49.1. The van der Waals surface area contributed by atoms with Gasteiger partial charge in [0.05, 0.1) is 13.0 Å². The largest absolute Gasteiger partial charge is 0.479 e. The minimum atomic E-state index is -1.93. The molecule has 0 saturated carbocycles. The highest BCUT2D eigenvalue weighted by Gasteiger charge is 2.50. The molecule has 0 spiro atoms. The number of rotatable bonds is 50. The fourth-order valence-electron chi connectivity index (χ4n) is 8.43. The molecule has 0 bridgehead atoms. The predicted octanol–water partition coefficient (Wildman–Crippen LogP) is 16.0. The maximum atomic E-state index is 13.1. The van der Waals surface area contributed by atoms with Crippen LogP contribution in [0.1, 0.15) is 226 Å². The molecule has 12 heteroatoms. The van der Waals surface area contributed by atoms with Gasteiger partial charge in [-0.05, 0) is 109 Å². The van der Waals surface area contributed by atoms with Crippen molar-refractivity contribution in [3.8, 4) is 0 Å². The Balaban J connectivity index is 2.74. The first kappa shape index (κ1) is 72.1. The second-order valence-corrected chi connectivity index (χ2v) is 20.2. The number of aliphatic hydroxyl groups is 2. The van der Waals surface area contributed by atoms with E-state index in [9.17, 15) is 34.5 Å². The number of hydrogen-bond donors (Lipinski definition) is 3. The van der Waals surface area contributed by atoms with E-state index in [4.69, 9.17) is 23.7 Å². The number of aliphatic carboxylic acids is 1. The Bertz CT molecular complexity index is 1840. The minimum absolute atomic E-state index is 0.0318. The SMILES string of the molecule is CC/C=C\C/C=C\C/C=C\C/C=C\C/C=C\CC(=O)OC(COC(=O)CCCCCCCCC/C=C\C/C=C\CCCCC)COC1OC(C(=O)O)C(O)C(O)C1OC(=O)CCCCCCCCC/C=C\C/C=C\C/C=C\CC. The third-order valence-corrected chi connectivity index (χ3v) is 13.0. The first-order valence-corrected chi connectivity index (χ1v) is 30.5. The number of carboxylic acid groups (broad SMARTS) is 1. The van der Waals surface area contributed by atoms with Crippen LogP contribution < -0.4 is 0 Å². The van der Waals surface area contributed by atoms with E-state index in [1.807, 2.05) is 18.2 Å². The lowest BCUT2D eigenvalue weighted by Gasteiger charge is -2.40. The predicted molar refractivity (Wildman–Crippen MR) is 321 cm³/mol. The number of carboxylic acids is 1. The molecule has 446 valence electrons. The summed E-state index contributed by atoms with van der Waals surface area (Å²) in [7, 11) is 0. The number of hydrogen-bond acceptors (Lipinski definition) is 11. The van der Waals surface area contributed by atoms with Gasteiger partial charge in [-0.3, -0.25) is 14.4 Å². The average molecular weight is 1100 g/mol. The van der Waals surface area contributed by atoms with Crippen molar-refractivity contribution in [2.75, 3.05) is 13.2 Å². The van der Waals surface area contributed by atoms with Crippen LogP contribution in [-0.4, -0.2) is 89.2 Å². The number of ether oxygens (including phenoxy) is 5. The zero-order valence-electron chi connectivity index (χ0n) is 49.1. The van der Waals surface area contributed by atoms with Crippen LogP contribution in [0.25, 0.3) is 0 Å². The van der Waals surface area contributed by atoms with Crippen molar-refractivity contribution in [3.63, 3.8) is 0 Å². The van der Waals surface area contributed by atoms with E-state index in [0.717, 1.165) is 128 Å². The fraction of sp³-hybridized carbons (Fsp3) is 0.642. The molecule has 12 nitrogen and oxygen atoms in total. The Hall–Kier alpha value is -4.88. The van der Waals surface area contributed by atoms with Crippen LogP contribution in [0.15, 0.2) is 122 Å². The highest BCUT2D eigenvalue weighted by molar-refractivity contribution is 5.74. The minimum Gasteiger partial charge on any atom is -0.479 e.